The Morgan fingerprint density at radius 1 is 1.17 bits per heavy atom. The number of hydrogen-bond donors (Lipinski definition) is 1. The van der Waals surface area contributed by atoms with Crippen molar-refractivity contribution in [1.82, 2.24) is 9.62 Å². The van der Waals surface area contributed by atoms with Gasteiger partial charge in [0.2, 0.25) is 10.0 Å². The molecule has 0 aromatic heterocycles. The van der Waals surface area contributed by atoms with E-state index in [1.165, 1.54) is 30.2 Å². The smallest absolute Gasteiger partial charge is 0.325 e. The highest BCUT2D eigenvalue weighted by molar-refractivity contribution is 7.89. The number of carbonyl (C=O) groups excluding carboxylic acids is 2. The van der Waals surface area contributed by atoms with Crippen molar-refractivity contribution in [2.75, 3.05) is 26.8 Å². The van der Waals surface area contributed by atoms with Crippen molar-refractivity contribution < 1.29 is 27.5 Å². The molecule has 9 heteroatoms. The Morgan fingerprint density at radius 2 is 1.87 bits per heavy atom. The van der Waals surface area contributed by atoms with E-state index in [-0.39, 0.29) is 35.4 Å². The maximum Gasteiger partial charge on any atom is 0.325 e. The Balaban J connectivity index is 1.85. The normalized spacial score (nSPS) is 17.0. The van der Waals surface area contributed by atoms with Crippen LogP contribution < -0.4 is 9.46 Å². The Labute approximate surface area is 178 Å². The van der Waals surface area contributed by atoms with E-state index in [1.807, 2.05) is 0 Å². The van der Waals surface area contributed by atoms with E-state index >= 15 is 0 Å². The number of amides is 1. The van der Waals surface area contributed by atoms with E-state index in [4.69, 9.17) is 9.47 Å². The van der Waals surface area contributed by atoms with E-state index in [2.05, 4.69) is 4.72 Å². The van der Waals surface area contributed by atoms with Gasteiger partial charge in [0.15, 0.2) is 0 Å². The van der Waals surface area contributed by atoms with Crippen LogP contribution in [-0.2, 0) is 19.6 Å². The number of ether oxygens (including phenoxy) is 2. The Kier molecular flexibility index (Phi) is 7.36. The molecule has 2 fully saturated rings. The molecule has 2 aliphatic carbocycles. The summed E-state index contributed by atoms with van der Waals surface area (Å²) in [4.78, 5) is 26.5. The second kappa shape index (κ2) is 9.78. The summed E-state index contributed by atoms with van der Waals surface area (Å²) in [5.41, 5.74) is 0.201. The van der Waals surface area contributed by atoms with E-state index in [1.54, 1.807) is 6.92 Å². The molecule has 2 saturated carbocycles. The standard InChI is InChI=1S/C21H30N2O6S/c1-3-29-20(24)14-23(13-15-8-9-15)21(25)16-10-11-18(28-2)19(12-16)30(26,27)22-17-6-4-5-7-17/h10-12,15,17,22H,3-9,13-14H2,1-2H3. The molecular formula is C21H30N2O6S. The van der Waals surface area contributed by atoms with Gasteiger partial charge in [0.1, 0.15) is 17.2 Å². The van der Waals surface area contributed by atoms with Crippen molar-refractivity contribution >= 4 is 21.9 Å². The quantitative estimate of drug-likeness (QED) is 0.563. The Bertz CT molecular complexity index is 875. The molecule has 2 aliphatic rings. The molecule has 1 aromatic rings. The molecule has 0 radical (unpaired) electrons. The highest BCUT2D eigenvalue weighted by atomic mass is 32.2. The SMILES string of the molecule is CCOC(=O)CN(CC1CC1)C(=O)c1ccc(OC)c(S(=O)(=O)NC2CCCC2)c1. The number of benzene rings is 1. The van der Waals surface area contributed by atoms with Crippen LogP contribution in [0.5, 0.6) is 5.75 Å². The maximum atomic E-state index is 13.1. The number of rotatable bonds is 10. The van der Waals surface area contributed by atoms with Gasteiger partial charge in [-0.05, 0) is 56.7 Å². The summed E-state index contributed by atoms with van der Waals surface area (Å²) in [6.07, 6.45) is 5.61. The van der Waals surface area contributed by atoms with Crippen molar-refractivity contribution in [2.45, 2.75) is 56.4 Å². The van der Waals surface area contributed by atoms with Crippen LogP contribution in [0, 0.1) is 5.92 Å². The average Bonchev–Trinajstić information content (AvgIpc) is 3.39. The predicted molar refractivity (Wildman–Crippen MR) is 111 cm³/mol. The van der Waals surface area contributed by atoms with Crippen molar-refractivity contribution in [3.63, 3.8) is 0 Å². The monoisotopic (exact) mass is 438 g/mol. The summed E-state index contributed by atoms with van der Waals surface area (Å²) in [5.74, 6) is -0.323. The lowest BCUT2D eigenvalue weighted by Crippen LogP contribution is -2.38. The Hall–Kier alpha value is -2.13. The predicted octanol–water partition coefficient (Wildman–Crippen LogP) is 2.33. The molecule has 1 N–H and O–H groups in total. The molecule has 0 aliphatic heterocycles. The van der Waals surface area contributed by atoms with Crippen LogP contribution in [0.15, 0.2) is 23.1 Å². The van der Waals surface area contributed by atoms with Crippen molar-refractivity contribution in [2.24, 2.45) is 5.92 Å². The number of nitrogens with zero attached hydrogens (tertiary/aromatic N) is 1. The second-order valence-corrected chi connectivity index (χ2v) is 9.58. The van der Waals surface area contributed by atoms with Crippen LogP contribution in [0.2, 0.25) is 0 Å². The summed E-state index contributed by atoms with van der Waals surface area (Å²) in [5, 5.41) is 0. The first-order valence-corrected chi connectivity index (χ1v) is 12.0. The van der Waals surface area contributed by atoms with Crippen LogP contribution in [-0.4, -0.2) is 58.0 Å². The zero-order valence-corrected chi connectivity index (χ0v) is 18.4. The van der Waals surface area contributed by atoms with Crippen LogP contribution in [0.4, 0.5) is 0 Å². The third-order valence-electron chi connectivity index (χ3n) is 5.47. The Morgan fingerprint density at radius 3 is 2.47 bits per heavy atom. The lowest BCUT2D eigenvalue weighted by molar-refractivity contribution is -0.143. The summed E-state index contributed by atoms with van der Waals surface area (Å²) < 4.78 is 38.9. The largest absolute Gasteiger partial charge is 0.495 e. The topological polar surface area (TPSA) is 102 Å². The summed E-state index contributed by atoms with van der Waals surface area (Å²) >= 11 is 0. The van der Waals surface area contributed by atoms with Crippen LogP contribution >= 0.6 is 0 Å². The molecule has 8 nitrogen and oxygen atoms in total. The molecule has 0 unspecified atom stereocenters. The molecule has 1 amide bonds. The molecule has 166 valence electrons. The highest BCUT2D eigenvalue weighted by Crippen LogP contribution is 2.31. The van der Waals surface area contributed by atoms with Gasteiger partial charge in [-0.15, -0.1) is 0 Å². The summed E-state index contributed by atoms with van der Waals surface area (Å²) in [6.45, 7) is 2.24. The molecule has 1 aromatic carbocycles. The van der Waals surface area contributed by atoms with E-state index in [0.29, 0.717) is 12.5 Å². The minimum absolute atomic E-state index is 0.0646. The number of hydrogen-bond acceptors (Lipinski definition) is 6. The van der Waals surface area contributed by atoms with Gasteiger partial charge in [-0.25, -0.2) is 13.1 Å². The first-order chi connectivity index (χ1) is 14.3. The van der Waals surface area contributed by atoms with Gasteiger partial charge in [0.25, 0.3) is 5.91 Å². The van der Waals surface area contributed by atoms with Gasteiger partial charge in [-0.2, -0.15) is 0 Å². The molecule has 0 spiro atoms. The zero-order chi connectivity index (χ0) is 21.7. The van der Waals surface area contributed by atoms with Gasteiger partial charge in [-0.1, -0.05) is 12.8 Å². The fourth-order valence-electron chi connectivity index (χ4n) is 3.72. The molecular weight excluding hydrogens is 408 g/mol. The van der Waals surface area contributed by atoms with Crippen molar-refractivity contribution in [3.8, 4) is 5.75 Å². The van der Waals surface area contributed by atoms with Gasteiger partial charge >= 0.3 is 5.97 Å². The van der Waals surface area contributed by atoms with Gasteiger partial charge < -0.3 is 14.4 Å². The third kappa shape index (κ3) is 5.72. The van der Waals surface area contributed by atoms with Gasteiger partial charge in [-0.3, -0.25) is 9.59 Å². The van der Waals surface area contributed by atoms with Gasteiger partial charge in [0.05, 0.1) is 13.7 Å². The highest BCUT2D eigenvalue weighted by Gasteiger charge is 2.31. The second-order valence-electron chi connectivity index (χ2n) is 7.90. The van der Waals surface area contributed by atoms with Crippen molar-refractivity contribution in [1.29, 1.82) is 0 Å². The number of methoxy groups -OCH3 is 1. The zero-order valence-electron chi connectivity index (χ0n) is 17.6. The van der Waals surface area contributed by atoms with Gasteiger partial charge in [0, 0.05) is 18.2 Å². The number of esters is 1. The van der Waals surface area contributed by atoms with E-state index in [9.17, 15) is 18.0 Å². The van der Waals surface area contributed by atoms with E-state index < -0.39 is 21.9 Å². The molecule has 0 bridgehead atoms. The number of sulfonamides is 1. The van der Waals surface area contributed by atoms with Crippen molar-refractivity contribution in [3.05, 3.63) is 23.8 Å². The minimum atomic E-state index is -3.85. The number of carbonyl (C=O) groups is 2. The summed E-state index contributed by atoms with van der Waals surface area (Å²) in [6, 6.07) is 4.25. The molecule has 0 heterocycles. The van der Waals surface area contributed by atoms with Crippen LogP contribution in [0.1, 0.15) is 55.8 Å². The third-order valence-corrected chi connectivity index (χ3v) is 7.01. The lowest BCUT2D eigenvalue weighted by atomic mass is 10.1. The minimum Gasteiger partial charge on any atom is -0.495 e. The molecule has 30 heavy (non-hydrogen) atoms. The molecule has 0 atom stereocenters. The maximum absolute atomic E-state index is 13.1. The molecule has 0 saturated heterocycles. The van der Waals surface area contributed by atoms with E-state index in [0.717, 1.165) is 38.5 Å². The number of nitrogens with one attached hydrogen (secondary N) is 1. The fraction of sp³-hybridized carbons (Fsp3) is 0.619. The van der Waals surface area contributed by atoms with Crippen LogP contribution in [0.3, 0.4) is 0 Å². The lowest BCUT2D eigenvalue weighted by Gasteiger charge is -2.22. The average molecular weight is 439 g/mol. The first kappa shape index (κ1) is 22.6. The van der Waals surface area contributed by atoms with Crippen LogP contribution in [0.25, 0.3) is 0 Å². The fourth-order valence-corrected chi connectivity index (χ4v) is 5.22. The molecule has 3 rings (SSSR count). The summed E-state index contributed by atoms with van der Waals surface area (Å²) in [7, 11) is -2.45. The first-order valence-electron chi connectivity index (χ1n) is 10.5.